The number of rotatable bonds is 6. The summed E-state index contributed by atoms with van der Waals surface area (Å²) in [5, 5.41) is 4.16. The number of furan rings is 1. The molecule has 0 unspecified atom stereocenters. The number of hydrogen-bond acceptors (Lipinski definition) is 4. The van der Waals surface area contributed by atoms with Gasteiger partial charge in [0.2, 0.25) is 0 Å². The van der Waals surface area contributed by atoms with Gasteiger partial charge in [-0.2, -0.15) is 0 Å². The molecule has 31 heavy (non-hydrogen) atoms. The van der Waals surface area contributed by atoms with Gasteiger partial charge in [0.05, 0.1) is 31.7 Å². The predicted molar refractivity (Wildman–Crippen MR) is 123 cm³/mol. The second kappa shape index (κ2) is 8.28. The first kappa shape index (κ1) is 19.4. The topological polar surface area (TPSA) is 55.5 Å². The van der Waals surface area contributed by atoms with Gasteiger partial charge in [0.1, 0.15) is 17.6 Å². The zero-order valence-corrected chi connectivity index (χ0v) is 17.8. The van der Waals surface area contributed by atoms with Gasteiger partial charge >= 0.3 is 0 Å². The number of methoxy groups -OCH3 is 1. The number of nitrogens with one attached hydrogen (secondary N) is 1. The number of anilines is 1. The Balaban J connectivity index is 1.59. The maximum atomic E-state index is 5.80. The highest BCUT2D eigenvalue weighted by Crippen LogP contribution is 2.42. The van der Waals surface area contributed by atoms with Crippen molar-refractivity contribution in [2.45, 2.75) is 18.6 Å². The summed E-state index contributed by atoms with van der Waals surface area (Å²) in [7, 11) is 1.67. The van der Waals surface area contributed by atoms with Crippen molar-refractivity contribution in [2.24, 2.45) is 0 Å². The van der Waals surface area contributed by atoms with Crippen molar-refractivity contribution in [3.05, 3.63) is 103 Å². The van der Waals surface area contributed by atoms with Gasteiger partial charge in [0, 0.05) is 23.8 Å². The third-order valence-corrected chi connectivity index (χ3v) is 5.84. The van der Waals surface area contributed by atoms with Gasteiger partial charge in [0.25, 0.3) is 0 Å². The van der Waals surface area contributed by atoms with E-state index in [0.29, 0.717) is 11.7 Å². The number of benzene rings is 1. The minimum absolute atomic E-state index is 0.0826. The fourth-order valence-corrected chi connectivity index (χ4v) is 4.43. The molecule has 1 aromatic carbocycles. The highest BCUT2D eigenvalue weighted by atomic mass is 32.1. The molecule has 1 fully saturated rings. The molecule has 3 aromatic heterocycles. The van der Waals surface area contributed by atoms with E-state index in [9.17, 15) is 0 Å². The zero-order valence-electron chi connectivity index (χ0n) is 17.0. The number of thiocarbonyl (C=S) groups is 1. The van der Waals surface area contributed by atoms with Crippen LogP contribution in [0.5, 0.6) is 5.75 Å². The van der Waals surface area contributed by atoms with Gasteiger partial charge in [0.15, 0.2) is 5.11 Å². The van der Waals surface area contributed by atoms with Crippen LogP contribution in [0, 0.1) is 0 Å². The monoisotopic (exact) mass is 430 g/mol. The summed E-state index contributed by atoms with van der Waals surface area (Å²) in [6, 6.07) is 21.8. The van der Waals surface area contributed by atoms with Crippen LogP contribution in [0.4, 0.5) is 5.69 Å². The Labute approximate surface area is 186 Å². The molecule has 4 heterocycles. The van der Waals surface area contributed by atoms with E-state index in [1.165, 1.54) is 0 Å². The molecular weight excluding hydrogens is 408 g/mol. The van der Waals surface area contributed by atoms with E-state index in [2.05, 4.69) is 38.1 Å². The van der Waals surface area contributed by atoms with Crippen LogP contribution in [0.1, 0.15) is 29.2 Å². The van der Waals surface area contributed by atoms with E-state index in [4.69, 9.17) is 21.4 Å². The third kappa shape index (κ3) is 3.68. The van der Waals surface area contributed by atoms with E-state index in [1.54, 1.807) is 13.4 Å². The molecule has 0 aliphatic carbocycles. The molecule has 1 saturated heterocycles. The van der Waals surface area contributed by atoms with Crippen LogP contribution in [-0.4, -0.2) is 21.8 Å². The fourth-order valence-electron chi connectivity index (χ4n) is 4.09. The summed E-state index contributed by atoms with van der Waals surface area (Å²) >= 11 is 5.80. The van der Waals surface area contributed by atoms with Gasteiger partial charge in [-0.15, -0.1) is 0 Å². The first-order valence-electron chi connectivity index (χ1n) is 10.1. The molecule has 1 aliphatic rings. The zero-order chi connectivity index (χ0) is 21.2. The number of hydrogen-bond donors (Lipinski definition) is 1. The lowest BCUT2D eigenvalue weighted by Gasteiger charge is -2.29. The minimum Gasteiger partial charge on any atom is -0.497 e. The number of ether oxygens (including phenoxy) is 1. The van der Waals surface area contributed by atoms with Crippen LogP contribution in [0.15, 0.2) is 89.8 Å². The van der Waals surface area contributed by atoms with Crippen LogP contribution in [-0.2, 0) is 6.54 Å². The van der Waals surface area contributed by atoms with E-state index >= 15 is 0 Å². The molecule has 1 aliphatic heterocycles. The standard InChI is InChI=1S/C24H22N4O2S/c1-29-18-11-9-17(10-12-18)28-23(22(26-24(28)31)20-7-2-3-13-25-20)21-8-4-14-27(21)16-19-6-5-15-30-19/h2-15,22-23H,16H2,1H3,(H,26,31)/t22-,23+/m0/s1. The number of nitrogens with zero attached hydrogens (tertiary/aromatic N) is 3. The minimum atomic E-state index is -0.0962. The normalized spacial score (nSPS) is 18.2. The Bertz CT molecular complexity index is 1160. The average molecular weight is 431 g/mol. The molecule has 6 nitrogen and oxygen atoms in total. The summed E-state index contributed by atoms with van der Waals surface area (Å²) in [6.45, 7) is 0.643. The van der Waals surface area contributed by atoms with Crippen molar-refractivity contribution >= 4 is 23.0 Å². The van der Waals surface area contributed by atoms with Gasteiger partial charge in [-0.3, -0.25) is 4.98 Å². The van der Waals surface area contributed by atoms with E-state index in [1.807, 2.05) is 60.8 Å². The SMILES string of the molecule is COc1ccc(N2C(=S)N[C@@H](c3ccccn3)[C@H]2c2cccn2Cc2ccco2)cc1. The highest BCUT2D eigenvalue weighted by molar-refractivity contribution is 7.80. The lowest BCUT2D eigenvalue weighted by Crippen LogP contribution is -2.30. The fraction of sp³-hybridized carbons (Fsp3) is 0.167. The molecule has 0 amide bonds. The molecule has 156 valence electrons. The van der Waals surface area contributed by atoms with Gasteiger partial charge in [-0.25, -0.2) is 0 Å². The van der Waals surface area contributed by atoms with Gasteiger partial charge in [-0.05, 0) is 72.9 Å². The summed E-state index contributed by atoms with van der Waals surface area (Å²) in [6.07, 6.45) is 5.58. The quantitative estimate of drug-likeness (QED) is 0.447. The van der Waals surface area contributed by atoms with Gasteiger partial charge < -0.3 is 23.9 Å². The average Bonchev–Trinajstić information content (AvgIpc) is 3.55. The second-order valence-corrected chi connectivity index (χ2v) is 7.72. The van der Waals surface area contributed by atoms with Crippen molar-refractivity contribution in [3.8, 4) is 5.75 Å². The first-order chi connectivity index (χ1) is 15.2. The summed E-state index contributed by atoms with van der Waals surface area (Å²) in [5.41, 5.74) is 3.05. The van der Waals surface area contributed by atoms with E-state index in [0.717, 1.165) is 28.6 Å². The molecule has 1 N–H and O–H groups in total. The predicted octanol–water partition coefficient (Wildman–Crippen LogP) is 4.71. The number of aromatic nitrogens is 2. The van der Waals surface area contributed by atoms with Crippen LogP contribution >= 0.6 is 12.2 Å². The molecule has 7 heteroatoms. The molecule has 2 atom stereocenters. The first-order valence-corrected chi connectivity index (χ1v) is 10.5. The summed E-state index contributed by atoms with van der Waals surface area (Å²) in [5.74, 6) is 1.71. The largest absolute Gasteiger partial charge is 0.497 e. The van der Waals surface area contributed by atoms with Crippen LogP contribution in [0.3, 0.4) is 0 Å². The van der Waals surface area contributed by atoms with Crippen LogP contribution in [0.2, 0.25) is 0 Å². The Kier molecular flexibility index (Phi) is 5.18. The van der Waals surface area contributed by atoms with E-state index < -0.39 is 0 Å². The van der Waals surface area contributed by atoms with Crippen molar-refractivity contribution < 1.29 is 9.15 Å². The number of pyridine rings is 1. The smallest absolute Gasteiger partial charge is 0.174 e. The molecular formula is C24H22N4O2S. The highest BCUT2D eigenvalue weighted by Gasteiger charge is 2.42. The van der Waals surface area contributed by atoms with Gasteiger partial charge in [-0.1, -0.05) is 6.07 Å². The molecule has 0 spiro atoms. The second-order valence-electron chi connectivity index (χ2n) is 7.33. The Hall–Kier alpha value is -3.58. The van der Waals surface area contributed by atoms with Crippen molar-refractivity contribution in [3.63, 3.8) is 0 Å². The molecule has 5 rings (SSSR count). The van der Waals surface area contributed by atoms with E-state index in [-0.39, 0.29) is 12.1 Å². The van der Waals surface area contributed by atoms with Crippen LogP contribution in [0.25, 0.3) is 0 Å². The third-order valence-electron chi connectivity index (χ3n) is 5.52. The van der Waals surface area contributed by atoms with Crippen LogP contribution < -0.4 is 15.0 Å². The van der Waals surface area contributed by atoms with Crippen molar-refractivity contribution in [1.82, 2.24) is 14.9 Å². The van der Waals surface area contributed by atoms with Crippen molar-refractivity contribution in [2.75, 3.05) is 12.0 Å². The van der Waals surface area contributed by atoms with Crippen molar-refractivity contribution in [1.29, 1.82) is 0 Å². The maximum absolute atomic E-state index is 5.80. The summed E-state index contributed by atoms with van der Waals surface area (Å²) in [4.78, 5) is 6.77. The maximum Gasteiger partial charge on any atom is 0.174 e. The Morgan fingerprint density at radius 3 is 2.65 bits per heavy atom. The Morgan fingerprint density at radius 1 is 1.06 bits per heavy atom. The Morgan fingerprint density at radius 2 is 1.94 bits per heavy atom. The lowest BCUT2D eigenvalue weighted by molar-refractivity contribution is 0.415. The molecule has 0 saturated carbocycles. The molecule has 0 radical (unpaired) electrons. The molecule has 0 bridgehead atoms. The summed E-state index contributed by atoms with van der Waals surface area (Å²) < 4.78 is 13.1. The molecule has 4 aromatic rings. The lowest BCUT2D eigenvalue weighted by atomic mass is 10.0.